The second kappa shape index (κ2) is 4.81. The maximum absolute atomic E-state index is 9.90. The first-order chi connectivity index (χ1) is 7.20. The quantitative estimate of drug-likeness (QED) is 0.732. The molecule has 1 heterocycles. The predicted molar refractivity (Wildman–Crippen MR) is 61.9 cm³/mol. The first-order valence-corrected chi connectivity index (χ1v) is 6.33. The fourth-order valence-corrected chi connectivity index (χ4v) is 2.53. The topological polar surface area (TPSA) is 35.5 Å². The highest BCUT2D eigenvalue weighted by Gasteiger charge is 2.41. The van der Waals surface area contributed by atoms with Crippen LogP contribution < -0.4 is 5.32 Å². The molecule has 0 radical (unpaired) electrons. The van der Waals surface area contributed by atoms with E-state index in [1.807, 2.05) is 0 Å². The van der Waals surface area contributed by atoms with Crippen molar-refractivity contribution < 1.29 is 5.11 Å². The van der Waals surface area contributed by atoms with E-state index < -0.39 is 0 Å². The fourth-order valence-electron chi connectivity index (χ4n) is 2.53. The van der Waals surface area contributed by atoms with Gasteiger partial charge in [0.2, 0.25) is 0 Å². The van der Waals surface area contributed by atoms with Gasteiger partial charge in [-0.2, -0.15) is 0 Å². The highest BCUT2D eigenvalue weighted by molar-refractivity contribution is 4.96. The first-order valence-electron chi connectivity index (χ1n) is 6.33. The van der Waals surface area contributed by atoms with Gasteiger partial charge in [0.25, 0.3) is 0 Å². The standard InChI is InChI=1S/C12H24N2O/c1-14(10-12(15)6-7-12)11-4-2-8-13-9-3-5-11/h11,13,15H,2-10H2,1H3. The van der Waals surface area contributed by atoms with Crippen molar-refractivity contribution in [2.45, 2.75) is 50.2 Å². The van der Waals surface area contributed by atoms with E-state index in [0.29, 0.717) is 6.04 Å². The third-order valence-corrected chi connectivity index (χ3v) is 3.78. The van der Waals surface area contributed by atoms with Crippen LogP contribution in [0.25, 0.3) is 0 Å². The molecule has 3 heteroatoms. The maximum Gasteiger partial charge on any atom is 0.0776 e. The molecular weight excluding hydrogens is 188 g/mol. The van der Waals surface area contributed by atoms with Crippen molar-refractivity contribution in [3.63, 3.8) is 0 Å². The summed E-state index contributed by atoms with van der Waals surface area (Å²) in [5.41, 5.74) is -0.324. The molecule has 2 N–H and O–H groups in total. The van der Waals surface area contributed by atoms with Crippen LogP contribution in [0, 0.1) is 0 Å². The van der Waals surface area contributed by atoms with Gasteiger partial charge in [0.05, 0.1) is 5.60 Å². The zero-order valence-corrected chi connectivity index (χ0v) is 9.84. The molecule has 0 unspecified atom stereocenters. The molecule has 0 atom stereocenters. The molecule has 2 fully saturated rings. The van der Waals surface area contributed by atoms with Crippen LogP contribution in [0.1, 0.15) is 38.5 Å². The van der Waals surface area contributed by atoms with E-state index >= 15 is 0 Å². The monoisotopic (exact) mass is 212 g/mol. The van der Waals surface area contributed by atoms with Gasteiger partial charge in [-0.05, 0) is 58.7 Å². The van der Waals surface area contributed by atoms with Gasteiger partial charge in [-0.15, -0.1) is 0 Å². The first kappa shape index (κ1) is 11.4. The summed E-state index contributed by atoms with van der Waals surface area (Å²) in [6, 6.07) is 0.691. The second-order valence-electron chi connectivity index (χ2n) is 5.33. The van der Waals surface area contributed by atoms with Gasteiger partial charge in [0.1, 0.15) is 0 Å². The summed E-state index contributed by atoms with van der Waals surface area (Å²) in [4.78, 5) is 2.39. The molecule has 0 aromatic heterocycles. The molecule has 2 rings (SSSR count). The Morgan fingerprint density at radius 3 is 2.40 bits per heavy atom. The van der Waals surface area contributed by atoms with Gasteiger partial charge in [-0.25, -0.2) is 0 Å². The van der Waals surface area contributed by atoms with E-state index in [1.165, 1.54) is 25.7 Å². The lowest BCUT2D eigenvalue weighted by Gasteiger charge is -2.31. The molecule has 2 aliphatic rings. The van der Waals surface area contributed by atoms with Gasteiger partial charge < -0.3 is 15.3 Å². The molecule has 3 nitrogen and oxygen atoms in total. The van der Waals surface area contributed by atoms with Crippen molar-refractivity contribution in [1.82, 2.24) is 10.2 Å². The summed E-state index contributed by atoms with van der Waals surface area (Å²) in [6.07, 6.45) is 7.11. The molecule has 88 valence electrons. The van der Waals surface area contributed by atoms with Crippen molar-refractivity contribution in [2.75, 3.05) is 26.7 Å². The molecule has 1 aliphatic carbocycles. The normalized spacial score (nSPS) is 27.4. The van der Waals surface area contributed by atoms with Gasteiger partial charge in [-0.3, -0.25) is 0 Å². The molecule has 0 aromatic carbocycles. The number of rotatable bonds is 3. The number of likely N-dealkylation sites (N-methyl/N-ethyl adjacent to an activating group) is 1. The zero-order chi connectivity index (χ0) is 10.7. The Kier molecular flexibility index (Phi) is 3.65. The Hall–Kier alpha value is -0.120. The average Bonchev–Trinajstić information content (AvgIpc) is 2.81. The van der Waals surface area contributed by atoms with Crippen LogP contribution in [0.4, 0.5) is 0 Å². The van der Waals surface area contributed by atoms with Crippen molar-refractivity contribution in [1.29, 1.82) is 0 Å². The number of nitrogens with zero attached hydrogens (tertiary/aromatic N) is 1. The predicted octanol–water partition coefficient (Wildman–Crippen LogP) is 0.975. The molecule has 0 spiro atoms. The van der Waals surface area contributed by atoms with Gasteiger partial charge in [-0.1, -0.05) is 0 Å². The highest BCUT2D eigenvalue weighted by Crippen LogP contribution is 2.36. The summed E-state index contributed by atoms with van der Waals surface area (Å²) in [5, 5.41) is 13.3. The summed E-state index contributed by atoms with van der Waals surface area (Å²) < 4.78 is 0. The lowest BCUT2D eigenvalue weighted by Crippen LogP contribution is -2.40. The van der Waals surface area contributed by atoms with Crippen LogP contribution in [0.5, 0.6) is 0 Å². The third kappa shape index (κ3) is 3.44. The van der Waals surface area contributed by atoms with E-state index in [4.69, 9.17) is 0 Å². The number of hydrogen-bond acceptors (Lipinski definition) is 3. The Balaban J connectivity index is 1.78. The zero-order valence-electron chi connectivity index (χ0n) is 9.84. The molecule has 15 heavy (non-hydrogen) atoms. The Morgan fingerprint density at radius 1 is 1.27 bits per heavy atom. The van der Waals surface area contributed by atoms with E-state index in [-0.39, 0.29) is 5.60 Å². The minimum atomic E-state index is -0.324. The van der Waals surface area contributed by atoms with Gasteiger partial charge in [0.15, 0.2) is 0 Å². The molecular formula is C12H24N2O. The number of aliphatic hydroxyl groups is 1. The smallest absolute Gasteiger partial charge is 0.0776 e. The van der Waals surface area contributed by atoms with Crippen molar-refractivity contribution in [2.24, 2.45) is 0 Å². The van der Waals surface area contributed by atoms with Crippen LogP contribution in [-0.2, 0) is 0 Å². The van der Waals surface area contributed by atoms with Crippen LogP contribution in [0.15, 0.2) is 0 Å². The second-order valence-corrected chi connectivity index (χ2v) is 5.33. The Labute approximate surface area is 92.8 Å². The van der Waals surface area contributed by atoms with E-state index in [0.717, 1.165) is 32.5 Å². The summed E-state index contributed by atoms with van der Waals surface area (Å²) in [7, 11) is 2.18. The Bertz CT molecular complexity index is 196. The summed E-state index contributed by atoms with van der Waals surface area (Å²) in [5.74, 6) is 0. The van der Waals surface area contributed by atoms with E-state index in [2.05, 4.69) is 17.3 Å². The molecule has 0 bridgehead atoms. The van der Waals surface area contributed by atoms with E-state index in [9.17, 15) is 5.11 Å². The molecule has 1 saturated carbocycles. The largest absolute Gasteiger partial charge is 0.389 e. The average molecular weight is 212 g/mol. The van der Waals surface area contributed by atoms with Gasteiger partial charge in [0, 0.05) is 12.6 Å². The van der Waals surface area contributed by atoms with Crippen molar-refractivity contribution in [3.8, 4) is 0 Å². The lowest BCUT2D eigenvalue weighted by molar-refractivity contribution is 0.0774. The van der Waals surface area contributed by atoms with Crippen LogP contribution >= 0.6 is 0 Å². The van der Waals surface area contributed by atoms with Crippen molar-refractivity contribution in [3.05, 3.63) is 0 Å². The van der Waals surface area contributed by atoms with Crippen LogP contribution in [-0.4, -0.2) is 48.3 Å². The minimum Gasteiger partial charge on any atom is -0.389 e. The number of hydrogen-bond donors (Lipinski definition) is 2. The molecule has 0 aromatic rings. The SMILES string of the molecule is CN(CC1(O)CC1)C1CCCNCCC1. The van der Waals surface area contributed by atoms with E-state index in [1.54, 1.807) is 0 Å². The maximum atomic E-state index is 9.90. The van der Waals surface area contributed by atoms with Crippen molar-refractivity contribution >= 4 is 0 Å². The highest BCUT2D eigenvalue weighted by atomic mass is 16.3. The fraction of sp³-hybridized carbons (Fsp3) is 1.00. The summed E-state index contributed by atoms with van der Waals surface area (Å²) >= 11 is 0. The van der Waals surface area contributed by atoms with Crippen LogP contribution in [0.2, 0.25) is 0 Å². The Morgan fingerprint density at radius 2 is 1.87 bits per heavy atom. The molecule has 1 saturated heterocycles. The number of nitrogens with one attached hydrogen (secondary N) is 1. The third-order valence-electron chi connectivity index (χ3n) is 3.78. The lowest BCUT2D eigenvalue weighted by atomic mass is 10.0. The van der Waals surface area contributed by atoms with Gasteiger partial charge >= 0.3 is 0 Å². The minimum absolute atomic E-state index is 0.324. The molecule has 1 aliphatic heterocycles. The van der Waals surface area contributed by atoms with Crippen LogP contribution in [0.3, 0.4) is 0 Å². The summed E-state index contributed by atoms with van der Waals surface area (Å²) in [6.45, 7) is 3.20. The molecule has 0 amide bonds.